The molecule has 0 aliphatic carbocycles. The number of esters is 1. The van der Waals surface area contributed by atoms with Crippen LogP contribution in [0, 0.1) is 3.57 Å². The van der Waals surface area contributed by atoms with Crippen LogP contribution in [0.4, 0.5) is 5.69 Å². The van der Waals surface area contributed by atoms with Gasteiger partial charge >= 0.3 is 5.97 Å². The highest BCUT2D eigenvalue weighted by Crippen LogP contribution is 2.11. The molecule has 126 valence electrons. The van der Waals surface area contributed by atoms with E-state index in [0.717, 1.165) is 3.57 Å². The molecule has 24 heavy (non-hydrogen) atoms. The van der Waals surface area contributed by atoms with Crippen LogP contribution in [-0.4, -0.2) is 30.9 Å². The van der Waals surface area contributed by atoms with Crippen LogP contribution < -0.4 is 10.6 Å². The number of thiophene rings is 1. The van der Waals surface area contributed by atoms with Gasteiger partial charge in [0.25, 0.3) is 11.8 Å². The van der Waals surface area contributed by atoms with Crippen molar-refractivity contribution in [2.75, 3.05) is 18.5 Å². The van der Waals surface area contributed by atoms with Crippen LogP contribution in [0.15, 0.2) is 41.1 Å². The van der Waals surface area contributed by atoms with Gasteiger partial charge < -0.3 is 15.4 Å². The minimum absolute atomic E-state index is 0.00664. The number of halogens is 1. The summed E-state index contributed by atoms with van der Waals surface area (Å²) >= 11 is 3.59. The Bertz CT molecular complexity index is 701. The third-order valence-corrected chi connectivity index (χ3v) is 4.29. The molecule has 6 nitrogen and oxygen atoms in total. The molecule has 8 heteroatoms. The Balaban J connectivity index is 1.63. The number of amides is 2. The highest BCUT2D eigenvalue weighted by atomic mass is 127. The fourth-order valence-electron chi connectivity index (χ4n) is 1.72. The van der Waals surface area contributed by atoms with Crippen LogP contribution in [0.5, 0.6) is 0 Å². The SMILES string of the molecule is O=C(COC(=O)CCNC(=O)c1ccsc1)Nc1ccc(I)cc1. The first-order valence-corrected chi connectivity index (χ1v) is 9.08. The van der Waals surface area contributed by atoms with E-state index in [4.69, 9.17) is 4.74 Å². The van der Waals surface area contributed by atoms with Crippen LogP contribution in [0.2, 0.25) is 0 Å². The molecule has 1 aromatic carbocycles. The van der Waals surface area contributed by atoms with E-state index in [9.17, 15) is 14.4 Å². The van der Waals surface area contributed by atoms with Crippen LogP contribution in [0.1, 0.15) is 16.8 Å². The Hall–Kier alpha value is -1.94. The van der Waals surface area contributed by atoms with Gasteiger partial charge in [0, 0.05) is 26.7 Å². The Morgan fingerprint density at radius 1 is 1.12 bits per heavy atom. The fraction of sp³-hybridized carbons (Fsp3) is 0.188. The topological polar surface area (TPSA) is 84.5 Å². The van der Waals surface area contributed by atoms with Crippen LogP contribution in [0.3, 0.4) is 0 Å². The van der Waals surface area contributed by atoms with Gasteiger partial charge in [-0.3, -0.25) is 14.4 Å². The van der Waals surface area contributed by atoms with Gasteiger partial charge in [-0.05, 0) is 58.3 Å². The molecule has 0 aliphatic rings. The van der Waals surface area contributed by atoms with Crippen LogP contribution in [-0.2, 0) is 14.3 Å². The average Bonchev–Trinajstić information content (AvgIpc) is 3.10. The van der Waals surface area contributed by atoms with E-state index in [0.29, 0.717) is 11.3 Å². The lowest BCUT2D eigenvalue weighted by molar-refractivity contribution is -0.147. The van der Waals surface area contributed by atoms with Crippen molar-refractivity contribution >= 4 is 57.4 Å². The quantitative estimate of drug-likeness (QED) is 0.494. The van der Waals surface area contributed by atoms with E-state index in [1.54, 1.807) is 29.0 Å². The molecule has 1 aromatic heterocycles. The Morgan fingerprint density at radius 3 is 2.54 bits per heavy atom. The number of ether oxygens (including phenoxy) is 1. The lowest BCUT2D eigenvalue weighted by Gasteiger charge is -2.07. The van der Waals surface area contributed by atoms with Crippen molar-refractivity contribution in [2.45, 2.75) is 6.42 Å². The minimum Gasteiger partial charge on any atom is -0.456 e. The van der Waals surface area contributed by atoms with E-state index in [-0.39, 0.29) is 25.5 Å². The predicted molar refractivity (Wildman–Crippen MR) is 100 cm³/mol. The van der Waals surface area contributed by atoms with Gasteiger partial charge in [0.15, 0.2) is 6.61 Å². The van der Waals surface area contributed by atoms with Crippen molar-refractivity contribution in [3.63, 3.8) is 0 Å². The van der Waals surface area contributed by atoms with Gasteiger partial charge in [-0.15, -0.1) is 0 Å². The van der Waals surface area contributed by atoms with Gasteiger partial charge in [0.2, 0.25) is 0 Å². The molecule has 0 fully saturated rings. The van der Waals surface area contributed by atoms with Crippen molar-refractivity contribution in [3.05, 3.63) is 50.2 Å². The molecule has 0 bridgehead atoms. The van der Waals surface area contributed by atoms with E-state index in [1.165, 1.54) is 11.3 Å². The molecule has 0 unspecified atom stereocenters. The Morgan fingerprint density at radius 2 is 1.88 bits per heavy atom. The molecule has 1 heterocycles. The molecule has 0 radical (unpaired) electrons. The molecule has 2 rings (SSSR count). The Labute approximate surface area is 156 Å². The van der Waals surface area contributed by atoms with Crippen LogP contribution >= 0.6 is 33.9 Å². The number of carbonyl (C=O) groups excluding carboxylic acids is 3. The fourth-order valence-corrected chi connectivity index (χ4v) is 2.72. The number of anilines is 1. The molecule has 0 aliphatic heterocycles. The van der Waals surface area contributed by atoms with E-state index in [1.807, 2.05) is 12.1 Å². The summed E-state index contributed by atoms with van der Waals surface area (Å²) in [6, 6.07) is 8.95. The van der Waals surface area contributed by atoms with Crippen molar-refractivity contribution < 1.29 is 19.1 Å². The number of nitrogens with one attached hydrogen (secondary N) is 2. The molecule has 2 amide bonds. The van der Waals surface area contributed by atoms with Crippen molar-refractivity contribution in [1.29, 1.82) is 0 Å². The second-order valence-electron chi connectivity index (χ2n) is 4.73. The zero-order valence-electron chi connectivity index (χ0n) is 12.6. The largest absolute Gasteiger partial charge is 0.456 e. The van der Waals surface area contributed by atoms with Crippen LogP contribution in [0.25, 0.3) is 0 Å². The summed E-state index contributed by atoms with van der Waals surface area (Å²) in [4.78, 5) is 34.9. The molecular formula is C16H15IN2O4S. The summed E-state index contributed by atoms with van der Waals surface area (Å²) < 4.78 is 5.93. The summed E-state index contributed by atoms with van der Waals surface area (Å²) in [7, 11) is 0. The number of hydrogen-bond donors (Lipinski definition) is 2. The van der Waals surface area contributed by atoms with E-state index < -0.39 is 11.9 Å². The summed E-state index contributed by atoms with van der Waals surface area (Å²) in [5.74, 6) is -1.19. The lowest BCUT2D eigenvalue weighted by Crippen LogP contribution is -2.27. The van der Waals surface area contributed by atoms with Crippen molar-refractivity contribution in [3.8, 4) is 0 Å². The lowest BCUT2D eigenvalue weighted by atomic mass is 10.3. The Kier molecular flexibility index (Phi) is 7.19. The second-order valence-corrected chi connectivity index (χ2v) is 6.76. The first-order chi connectivity index (χ1) is 11.5. The summed E-state index contributed by atoms with van der Waals surface area (Å²) in [5.41, 5.74) is 1.20. The van der Waals surface area contributed by atoms with Gasteiger partial charge in [0.1, 0.15) is 0 Å². The van der Waals surface area contributed by atoms with Crippen molar-refractivity contribution in [2.24, 2.45) is 0 Å². The number of benzene rings is 1. The van der Waals surface area contributed by atoms with Crippen molar-refractivity contribution in [1.82, 2.24) is 5.32 Å². The third kappa shape index (κ3) is 6.28. The number of carbonyl (C=O) groups is 3. The highest BCUT2D eigenvalue weighted by molar-refractivity contribution is 14.1. The van der Waals surface area contributed by atoms with Gasteiger partial charge in [-0.25, -0.2) is 0 Å². The first kappa shape index (κ1) is 18.4. The monoisotopic (exact) mass is 458 g/mol. The molecule has 0 saturated carbocycles. The van der Waals surface area contributed by atoms with E-state index in [2.05, 4.69) is 33.2 Å². The molecular weight excluding hydrogens is 443 g/mol. The number of rotatable bonds is 7. The first-order valence-electron chi connectivity index (χ1n) is 7.06. The number of hydrogen-bond acceptors (Lipinski definition) is 5. The minimum atomic E-state index is -0.543. The predicted octanol–water partition coefficient (Wildman–Crippen LogP) is 2.65. The highest BCUT2D eigenvalue weighted by Gasteiger charge is 2.10. The van der Waals surface area contributed by atoms with Gasteiger partial charge in [-0.1, -0.05) is 0 Å². The smallest absolute Gasteiger partial charge is 0.308 e. The molecule has 0 spiro atoms. The van der Waals surface area contributed by atoms with Gasteiger partial charge in [0.05, 0.1) is 6.42 Å². The molecule has 2 N–H and O–H groups in total. The summed E-state index contributed by atoms with van der Waals surface area (Å²) in [6.07, 6.45) is 0.00664. The zero-order chi connectivity index (χ0) is 17.4. The third-order valence-electron chi connectivity index (χ3n) is 2.89. The normalized spacial score (nSPS) is 10.0. The summed E-state index contributed by atoms with van der Waals surface area (Å²) in [6.45, 7) is -0.199. The average molecular weight is 458 g/mol. The standard InChI is InChI=1S/C16H15IN2O4S/c17-12-1-3-13(4-2-12)19-14(20)9-23-15(21)5-7-18-16(22)11-6-8-24-10-11/h1-4,6,8,10H,5,7,9H2,(H,18,22)(H,19,20). The maximum absolute atomic E-state index is 11.7. The van der Waals surface area contributed by atoms with E-state index >= 15 is 0 Å². The van der Waals surface area contributed by atoms with Gasteiger partial charge in [-0.2, -0.15) is 11.3 Å². The zero-order valence-corrected chi connectivity index (χ0v) is 15.6. The maximum atomic E-state index is 11.7. The maximum Gasteiger partial charge on any atom is 0.308 e. The second kappa shape index (κ2) is 9.38. The summed E-state index contributed by atoms with van der Waals surface area (Å²) in [5, 5.41) is 8.77. The molecule has 2 aromatic rings. The molecule has 0 atom stereocenters. The molecule has 0 saturated heterocycles.